The van der Waals surface area contributed by atoms with Crippen molar-refractivity contribution in [3.8, 4) is 0 Å². The second-order valence-electron chi connectivity index (χ2n) is 9.74. The van der Waals surface area contributed by atoms with Crippen molar-refractivity contribution in [2.24, 2.45) is 0 Å². The highest BCUT2D eigenvalue weighted by atomic mass is 32.1. The molecule has 0 fully saturated rings. The van der Waals surface area contributed by atoms with Gasteiger partial charge in [0, 0.05) is 23.4 Å². The molecule has 2 atom stereocenters. The molecule has 0 aliphatic carbocycles. The van der Waals surface area contributed by atoms with Gasteiger partial charge in [0.15, 0.2) is 0 Å². The Morgan fingerprint density at radius 2 is 1.41 bits per heavy atom. The largest absolute Gasteiger partial charge is 0.465 e. The lowest BCUT2D eigenvalue weighted by Gasteiger charge is -2.23. The standard InChI is InChI=1S/C29H37N5O4S/c1-20(2)27-33-25(19-39-27)17-30-28(36)31-18-26(35)32-23(15-21-9-5-3-6-10-21)13-14-24(34-29(37)38)16-22-11-7-4-8-12-22/h3-12,19-20,23-24,34H,13-18H2,1-2H3,(H,32,35)(H,37,38)(H2,30,31,36). The molecule has 4 amide bonds. The second-order valence-corrected chi connectivity index (χ2v) is 10.6. The third-order valence-corrected chi connectivity index (χ3v) is 7.30. The number of hydrogen-bond acceptors (Lipinski definition) is 5. The fourth-order valence-electron chi connectivity index (χ4n) is 4.17. The highest BCUT2D eigenvalue weighted by Crippen LogP contribution is 2.19. The van der Waals surface area contributed by atoms with Crippen LogP contribution in [0.2, 0.25) is 0 Å². The second kappa shape index (κ2) is 15.5. The molecule has 3 rings (SSSR count). The summed E-state index contributed by atoms with van der Waals surface area (Å²) in [4.78, 5) is 40.9. The van der Waals surface area contributed by atoms with E-state index < -0.39 is 12.1 Å². The first kappa shape index (κ1) is 29.6. The Morgan fingerprint density at radius 3 is 1.92 bits per heavy atom. The molecule has 1 aromatic heterocycles. The molecular weight excluding hydrogens is 514 g/mol. The van der Waals surface area contributed by atoms with Crippen LogP contribution in [0.15, 0.2) is 66.0 Å². The van der Waals surface area contributed by atoms with E-state index in [1.54, 1.807) is 11.3 Å². The summed E-state index contributed by atoms with van der Waals surface area (Å²) in [6.45, 7) is 4.25. The fourth-order valence-corrected chi connectivity index (χ4v) is 5.00. The van der Waals surface area contributed by atoms with Crippen LogP contribution in [0.5, 0.6) is 0 Å². The van der Waals surface area contributed by atoms with Crippen LogP contribution in [0.1, 0.15) is 54.4 Å². The lowest BCUT2D eigenvalue weighted by Crippen LogP contribution is -2.46. The monoisotopic (exact) mass is 551 g/mol. The molecule has 2 unspecified atom stereocenters. The Kier molecular flexibility index (Phi) is 11.8. The number of thiazole rings is 1. The lowest BCUT2D eigenvalue weighted by molar-refractivity contribution is -0.120. The van der Waals surface area contributed by atoms with Crippen LogP contribution in [0.3, 0.4) is 0 Å². The van der Waals surface area contributed by atoms with Gasteiger partial charge in [0.1, 0.15) is 0 Å². The van der Waals surface area contributed by atoms with Crippen LogP contribution in [-0.2, 0) is 24.2 Å². The number of carbonyl (C=O) groups is 3. The van der Waals surface area contributed by atoms with Gasteiger partial charge >= 0.3 is 12.1 Å². The van der Waals surface area contributed by atoms with Crippen molar-refractivity contribution >= 4 is 29.4 Å². The van der Waals surface area contributed by atoms with Crippen molar-refractivity contribution < 1.29 is 19.5 Å². The molecule has 0 saturated heterocycles. The molecule has 0 radical (unpaired) electrons. The maximum absolute atomic E-state index is 12.7. The highest BCUT2D eigenvalue weighted by Gasteiger charge is 2.19. The SMILES string of the molecule is CC(C)c1nc(CNC(=O)NCC(=O)NC(CCC(Cc2ccccc2)NC(=O)O)Cc2ccccc2)cs1. The van der Waals surface area contributed by atoms with Crippen molar-refractivity contribution in [3.05, 3.63) is 87.9 Å². The summed E-state index contributed by atoms with van der Waals surface area (Å²) in [7, 11) is 0. The number of carboxylic acid groups (broad SMARTS) is 1. The van der Waals surface area contributed by atoms with Crippen LogP contribution >= 0.6 is 11.3 Å². The van der Waals surface area contributed by atoms with Crippen LogP contribution in [-0.4, -0.2) is 46.8 Å². The zero-order valence-corrected chi connectivity index (χ0v) is 23.2. The molecule has 0 spiro atoms. The predicted octanol–water partition coefficient (Wildman–Crippen LogP) is 4.45. The predicted molar refractivity (Wildman–Crippen MR) is 153 cm³/mol. The van der Waals surface area contributed by atoms with Crippen molar-refractivity contribution in [2.45, 2.75) is 64.1 Å². The fraction of sp³-hybridized carbons (Fsp3) is 0.379. The van der Waals surface area contributed by atoms with Gasteiger partial charge in [-0.3, -0.25) is 4.79 Å². The summed E-state index contributed by atoms with van der Waals surface area (Å²) >= 11 is 1.56. The van der Waals surface area contributed by atoms with E-state index >= 15 is 0 Å². The summed E-state index contributed by atoms with van der Waals surface area (Å²) in [5.74, 6) is 0.0197. The van der Waals surface area contributed by atoms with Gasteiger partial charge in [-0.05, 0) is 36.8 Å². The molecule has 0 bridgehead atoms. The van der Waals surface area contributed by atoms with Gasteiger partial charge in [-0.1, -0.05) is 74.5 Å². The Bertz CT molecular complexity index is 1190. The topological polar surface area (TPSA) is 132 Å². The number of benzene rings is 2. The first-order valence-electron chi connectivity index (χ1n) is 13.1. The minimum Gasteiger partial charge on any atom is -0.465 e. The highest BCUT2D eigenvalue weighted by molar-refractivity contribution is 7.09. The smallest absolute Gasteiger partial charge is 0.404 e. The minimum absolute atomic E-state index is 0.174. The number of urea groups is 1. The van der Waals surface area contributed by atoms with E-state index in [2.05, 4.69) is 40.1 Å². The van der Waals surface area contributed by atoms with Gasteiger partial charge in [0.05, 0.1) is 23.8 Å². The zero-order chi connectivity index (χ0) is 28.0. The van der Waals surface area contributed by atoms with Gasteiger partial charge in [-0.25, -0.2) is 14.6 Å². The number of carbonyl (C=O) groups excluding carboxylic acids is 2. The lowest BCUT2D eigenvalue weighted by atomic mass is 9.96. The van der Waals surface area contributed by atoms with Crippen LogP contribution < -0.4 is 21.3 Å². The Hall–Kier alpha value is -3.92. The van der Waals surface area contributed by atoms with Crippen molar-refractivity contribution in [2.75, 3.05) is 6.54 Å². The van der Waals surface area contributed by atoms with E-state index in [1.165, 1.54) is 0 Å². The van der Waals surface area contributed by atoms with Crippen molar-refractivity contribution in [1.29, 1.82) is 0 Å². The third kappa shape index (κ3) is 11.2. The first-order valence-corrected chi connectivity index (χ1v) is 14.0. The Labute approximate surface area is 233 Å². The van der Waals surface area contributed by atoms with Gasteiger partial charge in [0.2, 0.25) is 5.91 Å². The van der Waals surface area contributed by atoms with Gasteiger partial charge < -0.3 is 26.4 Å². The number of amides is 4. The molecule has 3 aromatic rings. The quantitative estimate of drug-likeness (QED) is 0.202. The average molecular weight is 552 g/mol. The molecule has 2 aromatic carbocycles. The summed E-state index contributed by atoms with van der Waals surface area (Å²) in [6, 6.07) is 18.5. The molecule has 0 aliphatic rings. The van der Waals surface area contributed by atoms with E-state index in [0.717, 1.165) is 21.8 Å². The van der Waals surface area contributed by atoms with Crippen LogP contribution in [0.25, 0.3) is 0 Å². The van der Waals surface area contributed by atoms with Crippen molar-refractivity contribution in [1.82, 2.24) is 26.3 Å². The van der Waals surface area contributed by atoms with Gasteiger partial charge in [-0.15, -0.1) is 11.3 Å². The molecule has 0 saturated carbocycles. The third-order valence-electron chi connectivity index (χ3n) is 6.11. The van der Waals surface area contributed by atoms with E-state index in [4.69, 9.17) is 0 Å². The Balaban J connectivity index is 1.53. The molecule has 10 heteroatoms. The molecule has 5 N–H and O–H groups in total. The molecule has 0 aliphatic heterocycles. The summed E-state index contributed by atoms with van der Waals surface area (Å²) < 4.78 is 0. The zero-order valence-electron chi connectivity index (χ0n) is 22.4. The number of nitrogens with zero attached hydrogens (tertiary/aromatic N) is 1. The molecular formula is C29H37N5O4S. The minimum atomic E-state index is -1.08. The number of aromatic nitrogens is 1. The summed E-state index contributed by atoms with van der Waals surface area (Å²) in [5.41, 5.74) is 2.88. The van der Waals surface area contributed by atoms with Gasteiger partial charge in [-0.2, -0.15) is 0 Å². The normalized spacial score (nSPS) is 12.4. The van der Waals surface area contributed by atoms with E-state index in [9.17, 15) is 19.5 Å². The molecule has 9 nitrogen and oxygen atoms in total. The van der Waals surface area contributed by atoms with E-state index in [0.29, 0.717) is 31.6 Å². The molecule has 39 heavy (non-hydrogen) atoms. The van der Waals surface area contributed by atoms with Crippen LogP contribution in [0.4, 0.5) is 9.59 Å². The van der Waals surface area contributed by atoms with Gasteiger partial charge in [0.25, 0.3) is 0 Å². The Morgan fingerprint density at radius 1 is 0.846 bits per heavy atom. The number of hydrogen-bond donors (Lipinski definition) is 5. The average Bonchev–Trinajstić information content (AvgIpc) is 3.40. The number of nitrogens with one attached hydrogen (secondary N) is 4. The summed E-state index contributed by atoms with van der Waals surface area (Å²) in [6.07, 6.45) is 1.17. The maximum Gasteiger partial charge on any atom is 0.404 e. The molecule has 1 heterocycles. The molecule has 208 valence electrons. The van der Waals surface area contributed by atoms with Crippen molar-refractivity contribution in [3.63, 3.8) is 0 Å². The van der Waals surface area contributed by atoms with Crippen LogP contribution in [0, 0.1) is 0 Å². The first-order chi connectivity index (χ1) is 18.8. The number of rotatable bonds is 14. The van der Waals surface area contributed by atoms with E-state index in [-0.39, 0.29) is 31.1 Å². The van der Waals surface area contributed by atoms with E-state index in [1.807, 2.05) is 66.0 Å². The summed E-state index contributed by atoms with van der Waals surface area (Å²) in [5, 5.41) is 23.2. The maximum atomic E-state index is 12.7.